The molecule has 1 aromatic rings. The normalized spacial score (nSPS) is 10.8. The summed E-state index contributed by atoms with van der Waals surface area (Å²) < 4.78 is 0. The molecule has 0 bridgehead atoms. The van der Waals surface area contributed by atoms with Crippen molar-refractivity contribution in [3.63, 3.8) is 0 Å². The zero-order valence-electron chi connectivity index (χ0n) is 11.1. The highest BCUT2D eigenvalue weighted by atomic mass is 16.6. The van der Waals surface area contributed by atoms with Crippen LogP contribution in [-0.2, 0) is 6.54 Å². The average molecular weight is 251 g/mol. The molecule has 5 heteroatoms. The van der Waals surface area contributed by atoms with E-state index in [0.717, 1.165) is 31.6 Å². The molecule has 0 aliphatic heterocycles. The average Bonchev–Trinajstić information content (AvgIpc) is 2.34. The second-order valence-electron chi connectivity index (χ2n) is 4.37. The van der Waals surface area contributed by atoms with Crippen LogP contribution in [0.1, 0.15) is 32.3 Å². The Morgan fingerprint density at radius 1 is 1.39 bits per heavy atom. The summed E-state index contributed by atoms with van der Waals surface area (Å²) in [6.07, 6.45) is 2.33. The first-order chi connectivity index (χ1) is 8.58. The smallest absolute Gasteiger partial charge is 0.292 e. The van der Waals surface area contributed by atoms with Crippen LogP contribution in [0.4, 0.5) is 11.4 Å². The summed E-state index contributed by atoms with van der Waals surface area (Å²) in [5.41, 5.74) is 6.93. The number of nitro benzene ring substituents is 1. The second-order valence-corrected chi connectivity index (χ2v) is 4.37. The minimum atomic E-state index is -0.451. The summed E-state index contributed by atoms with van der Waals surface area (Å²) in [4.78, 5) is 12.5. The molecule has 0 radical (unpaired) electrons. The summed E-state index contributed by atoms with van der Waals surface area (Å²) in [6.45, 7) is 7.08. The lowest BCUT2D eigenvalue weighted by atomic mass is 10.1. The largest absolute Gasteiger partial charge is 0.393 e. The molecule has 0 atom stereocenters. The van der Waals surface area contributed by atoms with E-state index in [4.69, 9.17) is 5.73 Å². The highest BCUT2D eigenvalue weighted by Gasteiger charge is 2.12. The van der Waals surface area contributed by atoms with Crippen LogP contribution < -0.4 is 5.73 Å². The first kappa shape index (κ1) is 14.4. The van der Waals surface area contributed by atoms with E-state index in [9.17, 15) is 10.1 Å². The number of anilines is 1. The van der Waals surface area contributed by atoms with Crippen LogP contribution in [0.25, 0.3) is 0 Å². The number of nitrogen functional groups attached to an aromatic ring is 1. The molecule has 0 amide bonds. The Labute approximate surface area is 108 Å². The van der Waals surface area contributed by atoms with Gasteiger partial charge in [0.1, 0.15) is 5.69 Å². The first-order valence-electron chi connectivity index (χ1n) is 6.33. The second kappa shape index (κ2) is 6.96. The molecule has 0 spiro atoms. The molecule has 5 nitrogen and oxygen atoms in total. The summed E-state index contributed by atoms with van der Waals surface area (Å²) >= 11 is 0. The maximum Gasteiger partial charge on any atom is 0.292 e. The van der Waals surface area contributed by atoms with E-state index < -0.39 is 4.92 Å². The number of nitrogens with zero attached hydrogens (tertiary/aromatic N) is 2. The topological polar surface area (TPSA) is 72.4 Å². The molecule has 0 aromatic heterocycles. The van der Waals surface area contributed by atoms with Gasteiger partial charge in [-0.25, -0.2) is 0 Å². The number of nitro groups is 1. The Balaban J connectivity index is 2.72. The summed E-state index contributed by atoms with van der Waals surface area (Å²) in [5.74, 6) is 0. The van der Waals surface area contributed by atoms with Gasteiger partial charge in [0.05, 0.1) is 4.92 Å². The molecule has 0 aliphatic carbocycles. The zero-order chi connectivity index (χ0) is 13.5. The van der Waals surface area contributed by atoms with Crippen LogP contribution in [0, 0.1) is 10.1 Å². The third-order valence-electron chi connectivity index (χ3n) is 2.97. The van der Waals surface area contributed by atoms with Crippen LogP contribution in [0.5, 0.6) is 0 Å². The fourth-order valence-electron chi connectivity index (χ4n) is 1.86. The van der Waals surface area contributed by atoms with Gasteiger partial charge < -0.3 is 5.73 Å². The third-order valence-corrected chi connectivity index (χ3v) is 2.97. The Morgan fingerprint density at radius 2 is 2.11 bits per heavy atom. The SMILES string of the molecule is CCCCN(CC)Cc1ccc([N+](=O)[O-])c(N)c1. The Kier molecular flexibility index (Phi) is 5.58. The molecular formula is C13H21N3O2. The summed E-state index contributed by atoms with van der Waals surface area (Å²) in [7, 11) is 0. The molecule has 18 heavy (non-hydrogen) atoms. The molecule has 0 saturated carbocycles. The van der Waals surface area contributed by atoms with E-state index in [1.54, 1.807) is 12.1 Å². The molecule has 0 fully saturated rings. The Hall–Kier alpha value is -1.62. The first-order valence-corrected chi connectivity index (χ1v) is 6.33. The number of unbranched alkanes of at least 4 members (excludes halogenated alkanes) is 1. The highest BCUT2D eigenvalue weighted by Crippen LogP contribution is 2.22. The third kappa shape index (κ3) is 4.00. The standard InChI is InChI=1S/C13H21N3O2/c1-3-5-8-15(4-2)10-11-6-7-13(16(17)18)12(14)9-11/h6-7,9H,3-5,8,10,14H2,1-2H3. The van der Waals surface area contributed by atoms with Crippen LogP contribution >= 0.6 is 0 Å². The van der Waals surface area contributed by atoms with Crippen molar-refractivity contribution in [2.24, 2.45) is 0 Å². The molecule has 0 unspecified atom stereocenters. The molecule has 2 N–H and O–H groups in total. The van der Waals surface area contributed by atoms with Gasteiger partial charge in [-0.1, -0.05) is 26.3 Å². The molecule has 0 saturated heterocycles. The quantitative estimate of drug-likeness (QED) is 0.459. The predicted molar refractivity (Wildman–Crippen MR) is 73.4 cm³/mol. The molecule has 0 heterocycles. The zero-order valence-corrected chi connectivity index (χ0v) is 11.1. The minimum absolute atomic E-state index is 0.0182. The van der Waals surface area contributed by atoms with Crippen molar-refractivity contribution in [2.75, 3.05) is 18.8 Å². The molecule has 1 rings (SSSR count). The van der Waals surface area contributed by atoms with E-state index in [1.807, 2.05) is 0 Å². The predicted octanol–water partition coefficient (Wildman–Crippen LogP) is 2.80. The summed E-state index contributed by atoms with van der Waals surface area (Å²) in [6, 6.07) is 4.97. The van der Waals surface area contributed by atoms with E-state index >= 15 is 0 Å². The Bertz CT molecular complexity index is 407. The van der Waals surface area contributed by atoms with Gasteiger partial charge in [0, 0.05) is 12.6 Å². The van der Waals surface area contributed by atoms with Gasteiger partial charge in [0.25, 0.3) is 5.69 Å². The molecule has 1 aromatic carbocycles. The van der Waals surface area contributed by atoms with Crippen LogP contribution in [-0.4, -0.2) is 22.9 Å². The molecular weight excluding hydrogens is 230 g/mol. The van der Waals surface area contributed by atoms with Gasteiger partial charge in [0.15, 0.2) is 0 Å². The van der Waals surface area contributed by atoms with Gasteiger partial charge in [0.2, 0.25) is 0 Å². The Morgan fingerprint density at radius 3 is 2.61 bits per heavy atom. The molecule has 100 valence electrons. The van der Waals surface area contributed by atoms with E-state index in [2.05, 4.69) is 18.7 Å². The maximum absolute atomic E-state index is 10.7. The molecule has 0 aliphatic rings. The maximum atomic E-state index is 10.7. The van der Waals surface area contributed by atoms with Crippen LogP contribution in [0.2, 0.25) is 0 Å². The lowest BCUT2D eigenvalue weighted by molar-refractivity contribution is -0.383. The number of hydrogen-bond donors (Lipinski definition) is 1. The van der Waals surface area contributed by atoms with Crippen LogP contribution in [0.3, 0.4) is 0 Å². The van der Waals surface area contributed by atoms with E-state index in [0.29, 0.717) is 0 Å². The van der Waals surface area contributed by atoms with Crippen molar-refractivity contribution < 1.29 is 4.92 Å². The lowest BCUT2D eigenvalue weighted by Gasteiger charge is -2.20. The summed E-state index contributed by atoms with van der Waals surface area (Å²) in [5, 5.41) is 10.7. The number of rotatable bonds is 7. The minimum Gasteiger partial charge on any atom is -0.393 e. The van der Waals surface area contributed by atoms with Crippen molar-refractivity contribution >= 4 is 11.4 Å². The van der Waals surface area contributed by atoms with Gasteiger partial charge in [-0.05, 0) is 31.1 Å². The number of nitrogens with two attached hydrogens (primary N) is 1. The van der Waals surface area contributed by atoms with E-state index in [1.165, 1.54) is 12.5 Å². The van der Waals surface area contributed by atoms with Crippen molar-refractivity contribution in [1.82, 2.24) is 4.90 Å². The number of benzene rings is 1. The fourth-order valence-corrected chi connectivity index (χ4v) is 1.86. The van der Waals surface area contributed by atoms with Crippen molar-refractivity contribution in [2.45, 2.75) is 33.2 Å². The van der Waals surface area contributed by atoms with Gasteiger partial charge in [-0.2, -0.15) is 0 Å². The number of hydrogen-bond acceptors (Lipinski definition) is 4. The lowest BCUT2D eigenvalue weighted by Crippen LogP contribution is -2.24. The highest BCUT2D eigenvalue weighted by molar-refractivity contribution is 5.59. The van der Waals surface area contributed by atoms with Gasteiger partial charge in [-0.15, -0.1) is 0 Å². The van der Waals surface area contributed by atoms with Crippen molar-refractivity contribution in [3.8, 4) is 0 Å². The van der Waals surface area contributed by atoms with Crippen molar-refractivity contribution in [3.05, 3.63) is 33.9 Å². The fraction of sp³-hybridized carbons (Fsp3) is 0.538. The van der Waals surface area contributed by atoms with Crippen LogP contribution in [0.15, 0.2) is 18.2 Å². The van der Waals surface area contributed by atoms with Gasteiger partial charge >= 0.3 is 0 Å². The monoisotopic (exact) mass is 251 g/mol. The van der Waals surface area contributed by atoms with Gasteiger partial charge in [-0.3, -0.25) is 15.0 Å². The van der Waals surface area contributed by atoms with E-state index in [-0.39, 0.29) is 11.4 Å². The van der Waals surface area contributed by atoms with Crippen molar-refractivity contribution in [1.29, 1.82) is 0 Å².